The van der Waals surface area contributed by atoms with Crippen LogP contribution in [0.1, 0.15) is 83.8 Å². The molecule has 2 aromatic rings. The number of carboxylic acids is 1. The van der Waals surface area contributed by atoms with E-state index in [1.807, 2.05) is 37.3 Å². The van der Waals surface area contributed by atoms with Gasteiger partial charge < -0.3 is 47.2 Å². The molecule has 0 saturated carbocycles. The molecule has 1 saturated heterocycles. The van der Waals surface area contributed by atoms with Crippen molar-refractivity contribution in [1.29, 1.82) is 0 Å². The number of benzene rings is 2. The number of aryl methyl sites for hydroxylation is 1. The lowest BCUT2D eigenvalue weighted by molar-refractivity contribution is -0.150. The van der Waals surface area contributed by atoms with Crippen LogP contribution in [0.15, 0.2) is 60.7 Å². The summed E-state index contributed by atoms with van der Waals surface area (Å²) in [5.41, 5.74) is 7.22. The van der Waals surface area contributed by atoms with Crippen LogP contribution in [-0.4, -0.2) is 119 Å². The third-order valence-corrected chi connectivity index (χ3v) is 11.5. The van der Waals surface area contributed by atoms with Crippen LogP contribution >= 0.6 is 0 Å². The molecule has 1 aliphatic heterocycles. The largest absolute Gasteiger partial charge is 0.480 e. The maximum atomic E-state index is 14.7. The van der Waals surface area contributed by atoms with Gasteiger partial charge in [-0.3, -0.25) is 28.8 Å². The van der Waals surface area contributed by atoms with Crippen LogP contribution in [0.25, 0.3) is 0 Å². The monoisotopic (exact) mass is 848 g/mol. The minimum Gasteiger partial charge on any atom is -0.480 e. The van der Waals surface area contributed by atoms with Gasteiger partial charge in [0.2, 0.25) is 35.4 Å². The molecule has 334 valence electrons. The van der Waals surface area contributed by atoms with Gasteiger partial charge in [0.15, 0.2) is 0 Å². The van der Waals surface area contributed by atoms with Gasteiger partial charge in [-0.05, 0) is 55.1 Å². The number of nitrogens with two attached hydrogens (primary N) is 1. The molecule has 0 spiro atoms. The highest BCUT2D eigenvalue weighted by Crippen LogP contribution is 2.20. The van der Waals surface area contributed by atoms with Crippen molar-refractivity contribution >= 4 is 47.4 Å². The second-order valence-electron chi connectivity index (χ2n) is 15.9. The summed E-state index contributed by atoms with van der Waals surface area (Å²) in [5.74, 6) is -6.33. The van der Waals surface area contributed by atoms with Crippen molar-refractivity contribution in [3.63, 3.8) is 0 Å². The quantitative estimate of drug-likeness (QED) is 0.146. The first-order valence-electron chi connectivity index (χ1n) is 21.1. The number of nitrogens with one attached hydrogen (secondary N) is 5. The smallest absolute Gasteiger partial charge is 0.326 e. The zero-order valence-electron chi connectivity index (χ0n) is 36.1. The average molecular weight is 849 g/mol. The Balaban J connectivity index is 2.11. The first-order chi connectivity index (χ1) is 29.0. The zero-order valence-corrected chi connectivity index (χ0v) is 36.1. The van der Waals surface area contributed by atoms with Crippen LogP contribution in [0.4, 0.5) is 4.79 Å². The molecule has 2 aromatic carbocycles. The topological polar surface area (TPSA) is 249 Å². The molecule has 8 N–H and O–H groups in total. The lowest BCUT2D eigenvalue weighted by Crippen LogP contribution is -2.61. The number of hydrogen-bond acceptors (Lipinski definition) is 8. The molecule has 8 amide bonds. The van der Waals surface area contributed by atoms with Crippen LogP contribution < -0.4 is 32.3 Å². The predicted octanol–water partition coefficient (Wildman–Crippen LogP) is 1.87. The van der Waals surface area contributed by atoms with Crippen molar-refractivity contribution in [2.45, 2.75) is 122 Å². The molecule has 3 rings (SSSR count). The summed E-state index contributed by atoms with van der Waals surface area (Å²) in [6.07, 6.45) is 1.50. The Labute approximate surface area is 358 Å². The summed E-state index contributed by atoms with van der Waals surface area (Å²) in [6.45, 7) is 7.18. The van der Waals surface area contributed by atoms with E-state index in [1.165, 1.54) is 19.0 Å². The Hall–Kier alpha value is -6.00. The van der Waals surface area contributed by atoms with E-state index in [1.54, 1.807) is 51.1 Å². The van der Waals surface area contributed by atoms with E-state index in [0.29, 0.717) is 32.1 Å². The highest BCUT2D eigenvalue weighted by Gasteiger charge is 2.40. The molecule has 1 heterocycles. The first kappa shape index (κ1) is 49.4. The number of carboxylic acid groups (broad SMARTS) is 1. The molecule has 0 bridgehead atoms. The standard InChI is InChI=1S/C44H64N8O9/c1-7-27(3)36-42(58)51(5)33(23-22-29-17-11-9-12-18-29)41(57)52(6)34(26-35(45)53)40(56)47-32(25-30-19-13-10-14-20-30)38(54)46-24-16-15-21-31(39(55)49-36)48-44(61)50-37(43(59)60)28(4)8-2/h9-14,17-20,27-28,31-34,36-37H,7-8,15-16,21-26H2,1-6H3,(H2,45,53)(H,46,54)(H,47,56)(H,49,55)(H,59,60)(H2,48,50,61). The van der Waals surface area contributed by atoms with Gasteiger partial charge >= 0.3 is 12.0 Å². The van der Waals surface area contributed by atoms with Gasteiger partial charge in [-0.2, -0.15) is 0 Å². The number of carbonyl (C=O) groups excluding carboxylic acids is 7. The van der Waals surface area contributed by atoms with E-state index in [-0.39, 0.29) is 25.8 Å². The molecule has 17 heteroatoms. The van der Waals surface area contributed by atoms with Crippen molar-refractivity contribution in [3.05, 3.63) is 71.8 Å². The van der Waals surface area contributed by atoms with Gasteiger partial charge in [0.05, 0.1) is 6.42 Å². The van der Waals surface area contributed by atoms with Gasteiger partial charge in [0, 0.05) is 27.1 Å². The first-order valence-corrected chi connectivity index (χ1v) is 21.1. The number of rotatable bonds is 14. The van der Waals surface area contributed by atoms with E-state index in [4.69, 9.17) is 5.73 Å². The molecule has 0 aliphatic carbocycles. The van der Waals surface area contributed by atoms with Crippen molar-refractivity contribution in [3.8, 4) is 0 Å². The Morgan fingerprint density at radius 1 is 0.803 bits per heavy atom. The number of nitrogens with zero attached hydrogens (tertiary/aromatic N) is 2. The Morgan fingerprint density at radius 2 is 1.41 bits per heavy atom. The summed E-state index contributed by atoms with van der Waals surface area (Å²) < 4.78 is 0. The number of hydrogen-bond donors (Lipinski definition) is 7. The average Bonchev–Trinajstić information content (AvgIpc) is 3.24. The number of aliphatic carboxylic acids is 1. The molecular weight excluding hydrogens is 785 g/mol. The fourth-order valence-electron chi connectivity index (χ4n) is 7.15. The Kier molecular flexibility index (Phi) is 19.7. The number of urea groups is 1. The predicted molar refractivity (Wildman–Crippen MR) is 228 cm³/mol. The van der Waals surface area contributed by atoms with Crippen LogP contribution in [0.5, 0.6) is 0 Å². The summed E-state index contributed by atoms with van der Waals surface area (Å²) >= 11 is 0. The minimum absolute atomic E-state index is 0.0510. The Bertz CT molecular complexity index is 1810. The molecule has 8 atom stereocenters. The second kappa shape index (κ2) is 24.3. The minimum atomic E-state index is -1.45. The van der Waals surface area contributed by atoms with Gasteiger partial charge in [-0.25, -0.2) is 9.59 Å². The van der Waals surface area contributed by atoms with Crippen LogP contribution in [-0.2, 0) is 46.4 Å². The second-order valence-corrected chi connectivity index (χ2v) is 15.9. The molecule has 61 heavy (non-hydrogen) atoms. The Morgan fingerprint density at radius 3 is 1.98 bits per heavy atom. The summed E-state index contributed by atoms with van der Waals surface area (Å²) in [5, 5.41) is 23.3. The normalized spacial score (nSPS) is 22.9. The molecule has 0 aromatic heterocycles. The molecule has 17 nitrogen and oxygen atoms in total. The lowest BCUT2D eigenvalue weighted by Gasteiger charge is -2.37. The van der Waals surface area contributed by atoms with Gasteiger partial charge in [-0.15, -0.1) is 0 Å². The molecular formula is C44H64N8O9. The van der Waals surface area contributed by atoms with Crippen LogP contribution in [0.2, 0.25) is 0 Å². The third kappa shape index (κ3) is 14.9. The van der Waals surface area contributed by atoms with Gasteiger partial charge in [-0.1, -0.05) is 101 Å². The highest BCUT2D eigenvalue weighted by atomic mass is 16.4. The summed E-state index contributed by atoms with van der Waals surface area (Å²) in [7, 11) is 2.77. The van der Waals surface area contributed by atoms with E-state index >= 15 is 0 Å². The number of carbonyl (C=O) groups is 8. The van der Waals surface area contributed by atoms with Crippen molar-refractivity contribution in [2.75, 3.05) is 20.6 Å². The number of primary amides is 1. The molecule has 0 radical (unpaired) electrons. The fourth-order valence-corrected chi connectivity index (χ4v) is 7.15. The van der Waals surface area contributed by atoms with E-state index in [2.05, 4.69) is 26.6 Å². The SMILES string of the molecule is CCC(C)C(NC(=O)NC1CCCCNC(=O)C(Cc2ccccc2)NC(=O)C(CC(N)=O)N(C)C(=O)C(CCc2ccccc2)N(C)C(=O)C(C(C)CC)NC1=O)C(=O)O. The number of amides is 8. The van der Waals surface area contributed by atoms with E-state index < -0.39 is 102 Å². The zero-order chi connectivity index (χ0) is 45.2. The van der Waals surface area contributed by atoms with E-state index in [9.17, 15) is 43.5 Å². The third-order valence-electron chi connectivity index (χ3n) is 11.5. The maximum absolute atomic E-state index is 14.7. The number of likely N-dealkylation sites (N-methyl/N-ethyl adjacent to an activating group) is 2. The summed E-state index contributed by atoms with van der Waals surface area (Å²) in [6, 6.07) is 9.89. The highest BCUT2D eigenvalue weighted by molar-refractivity contribution is 5.98. The lowest BCUT2D eigenvalue weighted by atomic mass is 9.95. The van der Waals surface area contributed by atoms with Gasteiger partial charge in [0.25, 0.3) is 0 Å². The van der Waals surface area contributed by atoms with Gasteiger partial charge in [0.1, 0.15) is 36.3 Å². The van der Waals surface area contributed by atoms with Crippen molar-refractivity contribution in [2.24, 2.45) is 17.6 Å². The molecule has 1 aliphatic rings. The van der Waals surface area contributed by atoms with E-state index in [0.717, 1.165) is 16.0 Å². The maximum Gasteiger partial charge on any atom is 0.326 e. The van der Waals surface area contributed by atoms with Crippen molar-refractivity contribution in [1.82, 2.24) is 36.4 Å². The molecule has 8 unspecified atom stereocenters. The van der Waals surface area contributed by atoms with Crippen LogP contribution in [0.3, 0.4) is 0 Å². The van der Waals surface area contributed by atoms with Crippen LogP contribution in [0, 0.1) is 11.8 Å². The summed E-state index contributed by atoms with van der Waals surface area (Å²) in [4.78, 5) is 111. The fraction of sp³-hybridized carbons (Fsp3) is 0.545. The van der Waals surface area contributed by atoms with Crippen molar-refractivity contribution < 1.29 is 43.5 Å². The molecule has 1 fully saturated rings.